The Hall–Kier alpha value is -1.27. The Balaban J connectivity index is 2.89. The van der Waals surface area contributed by atoms with Gasteiger partial charge in [-0.3, -0.25) is 4.68 Å². The third-order valence-corrected chi connectivity index (χ3v) is 1.53. The number of aryl methyl sites for hydroxylation is 1. The molecule has 0 saturated heterocycles. The first kappa shape index (κ1) is 9.82. The molecule has 1 aromatic heterocycles. The lowest BCUT2D eigenvalue weighted by Crippen LogP contribution is -2.29. The number of aromatic nitrogens is 2. The molecule has 0 spiro atoms. The molecule has 0 bridgehead atoms. The maximum absolute atomic E-state index is 5.74. The van der Waals surface area contributed by atoms with Crippen LogP contribution < -0.4 is 5.73 Å². The summed E-state index contributed by atoms with van der Waals surface area (Å²) in [4.78, 5) is 0. The van der Waals surface area contributed by atoms with Crippen molar-refractivity contribution in [1.82, 2.24) is 9.78 Å². The van der Waals surface area contributed by atoms with Crippen LogP contribution in [0.15, 0.2) is 12.3 Å². The minimum Gasteiger partial charge on any atom is -0.316 e. The summed E-state index contributed by atoms with van der Waals surface area (Å²) in [5.74, 6) is 5.98. The van der Waals surface area contributed by atoms with E-state index in [4.69, 9.17) is 5.73 Å². The Bertz CT molecular complexity index is 333. The molecule has 0 aliphatic rings. The SMILES string of the molecule is CCn1nccc1C#CC(C)(C)N. The number of nitrogens with two attached hydrogens (primary N) is 1. The molecule has 0 aliphatic heterocycles. The second kappa shape index (κ2) is 3.63. The summed E-state index contributed by atoms with van der Waals surface area (Å²) in [7, 11) is 0. The highest BCUT2D eigenvalue weighted by atomic mass is 15.3. The normalized spacial score (nSPS) is 10.8. The molecule has 0 unspecified atom stereocenters. The van der Waals surface area contributed by atoms with Crippen LogP contribution in [-0.4, -0.2) is 15.3 Å². The van der Waals surface area contributed by atoms with Crippen molar-refractivity contribution in [3.05, 3.63) is 18.0 Å². The number of hydrogen-bond donors (Lipinski definition) is 1. The van der Waals surface area contributed by atoms with E-state index in [0.29, 0.717) is 0 Å². The summed E-state index contributed by atoms with van der Waals surface area (Å²) in [5.41, 5.74) is 6.22. The first-order chi connectivity index (χ1) is 6.03. The predicted molar refractivity (Wildman–Crippen MR) is 53.0 cm³/mol. The minimum absolute atomic E-state index is 0.442. The Labute approximate surface area is 78.9 Å². The summed E-state index contributed by atoms with van der Waals surface area (Å²) in [5, 5.41) is 4.11. The van der Waals surface area contributed by atoms with E-state index in [-0.39, 0.29) is 0 Å². The first-order valence-electron chi connectivity index (χ1n) is 4.37. The largest absolute Gasteiger partial charge is 0.316 e. The van der Waals surface area contributed by atoms with E-state index in [0.717, 1.165) is 12.2 Å². The molecule has 0 radical (unpaired) electrons. The van der Waals surface area contributed by atoms with E-state index in [1.165, 1.54) is 0 Å². The fourth-order valence-electron chi connectivity index (χ4n) is 0.916. The van der Waals surface area contributed by atoms with Crippen molar-refractivity contribution in [2.45, 2.75) is 32.9 Å². The summed E-state index contributed by atoms with van der Waals surface area (Å²) >= 11 is 0. The highest BCUT2D eigenvalue weighted by Gasteiger charge is 2.04. The van der Waals surface area contributed by atoms with Gasteiger partial charge in [0.25, 0.3) is 0 Å². The smallest absolute Gasteiger partial charge is 0.111 e. The van der Waals surface area contributed by atoms with E-state index in [2.05, 4.69) is 16.9 Å². The number of rotatable bonds is 1. The average molecular weight is 177 g/mol. The van der Waals surface area contributed by atoms with Gasteiger partial charge in [-0.1, -0.05) is 5.92 Å². The van der Waals surface area contributed by atoms with Crippen LogP contribution in [0.5, 0.6) is 0 Å². The molecule has 70 valence electrons. The maximum atomic E-state index is 5.74. The van der Waals surface area contributed by atoms with Crippen LogP contribution >= 0.6 is 0 Å². The Morgan fingerprint density at radius 2 is 2.31 bits per heavy atom. The van der Waals surface area contributed by atoms with Crippen LogP contribution in [0.1, 0.15) is 26.5 Å². The van der Waals surface area contributed by atoms with Gasteiger partial charge in [0.15, 0.2) is 0 Å². The van der Waals surface area contributed by atoms with Gasteiger partial charge in [0.1, 0.15) is 5.69 Å². The van der Waals surface area contributed by atoms with E-state index in [1.807, 2.05) is 31.5 Å². The topological polar surface area (TPSA) is 43.8 Å². The van der Waals surface area contributed by atoms with Crippen molar-refractivity contribution in [3.63, 3.8) is 0 Å². The summed E-state index contributed by atoms with van der Waals surface area (Å²) in [6.45, 7) is 6.63. The molecule has 0 atom stereocenters. The molecule has 1 heterocycles. The number of hydrogen-bond acceptors (Lipinski definition) is 2. The fourth-order valence-corrected chi connectivity index (χ4v) is 0.916. The molecule has 0 aliphatic carbocycles. The van der Waals surface area contributed by atoms with Crippen molar-refractivity contribution in [1.29, 1.82) is 0 Å². The fraction of sp³-hybridized carbons (Fsp3) is 0.500. The minimum atomic E-state index is -0.442. The second-order valence-electron chi connectivity index (χ2n) is 3.50. The van der Waals surface area contributed by atoms with Gasteiger partial charge in [0.2, 0.25) is 0 Å². The van der Waals surface area contributed by atoms with Crippen LogP contribution in [0.2, 0.25) is 0 Å². The van der Waals surface area contributed by atoms with Gasteiger partial charge >= 0.3 is 0 Å². The lowest BCUT2D eigenvalue weighted by molar-refractivity contribution is 0.650. The number of nitrogens with zero attached hydrogens (tertiary/aromatic N) is 2. The molecule has 0 amide bonds. The highest BCUT2D eigenvalue weighted by Crippen LogP contribution is 1.98. The average Bonchev–Trinajstić information content (AvgIpc) is 2.46. The predicted octanol–water partition coefficient (Wildman–Crippen LogP) is 0.992. The van der Waals surface area contributed by atoms with Crippen molar-refractivity contribution in [2.24, 2.45) is 5.73 Å². The lowest BCUT2D eigenvalue weighted by atomic mass is 10.1. The molecular weight excluding hydrogens is 162 g/mol. The molecule has 0 saturated carbocycles. The van der Waals surface area contributed by atoms with Crippen LogP contribution in [0.4, 0.5) is 0 Å². The molecule has 1 aromatic rings. The third-order valence-electron chi connectivity index (χ3n) is 1.53. The van der Waals surface area contributed by atoms with Crippen LogP contribution in [0.3, 0.4) is 0 Å². The van der Waals surface area contributed by atoms with Crippen LogP contribution in [-0.2, 0) is 6.54 Å². The van der Waals surface area contributed by atoms with Gasteiger partial charge in [0, 0.05) is 6.54 Å². The van der Waals surface area contributed by atoms with E-state index in [1.54, 1.807) is 6.20 Å². The molecule has 3 nitrogen and oxygen atoms in total. The Morgan fingerprint density at radius 1 is 1.62 bits per heavy atom. The van der Waals surface area contributed by atoms with Gasteiger partial charge in [0.05, 0.1) is 11.7 Å². The van der Waals surface area contributed by atoms with Gasteiger partial charge in [-0.15, -0.1) is 0 Å². The van der Waals surface area contributed by atoms with Crippen molar-refractivity contribution in [2.75, 3.05) is 0 Å². The second-order valence-corrected chi connectivity index (χ2v) is 3.50. The van der Waals surface area contributed by atoms with Gasteiger partial charge < -0.3 is 5.73 Å². The van der Waals surface area contributed by atoms with E-state index in [9.17, 15) is 0 Å². The highest BCUT2D eigenvalue weighted by molar-refractivity contribution is 5.30. The van der Waals surface area contributed by atoms with Gasteiger partial charge in [-0.05, 0) is 32.8 Å². The standard InChI is InChI=1S/C10H15N3/c1-4-13-9(6-8-12-13)5-7-10(2,3)11/h6,8H,4,11H2,1-3H3. The zero-order chi connectivity index (χ0) is 9.90. The van der Waals surface area contributed by atoms with Crippen molar-refractivity contribution < 1.29 is 0 Å². The zero-order valence-electron chi connectivity index (χ0n) is 8.33. The van der Waals surface area contributed by atoms with Crippen molar-refractivity contribution in [3.8, 4) is 11.8 Å². The Kier molecular flexibility index (Phi) is 2.74. The molecule has 0 fully saturated rings. The summed E-state index contributed by atoms with van der Waals surface area (Å²) < 4.78 is 1.85. The van der Waals surface area contributed by atoms with Gasteiger partial charge in [-0.2, -0.15) is 5.10 Å². The molecule has 13 heavy (non-hydrogen) atoms. The van der Waals surface area contributed by atoms with E-state index >= 15 is 0 Å². The molecule has 1 rings (SSSR count). The quantitative estimate of drug-likeness (QED) is 0.650. The molecule has 2 N–H and O–H groups in total. The first-order valence-corrected chi connectivity index (χ1v) is 4.37. The zero-order valence-corrected chi connectivity index (χ0v) is 8.33. The molecule has 0 aromatic carbocycles. The maximum Gasteiger partial charge on any atom is 0.111 e. The molecule has 3 heteroatoms. The Morgan fingerprint density at radius 3 is 2.85 bits per heavy atom. The monoisotopic (exact) mass is 177 g/mol. The van der Waals surface area contributed by atoms with Gasteiger partial charge in [-0.25, -0.2) is 0 Å². The summed E-state index contributed by atoms with van der Waals surface area (Å²) in [6, 6.07) is 1.89. The molecular formula is C10H15N3. The lowest BCUT2D eigenvalue weighted by Gasteiger charge is -2.07. The third kappa shape index (κ3) is 2.92. The van der Waals surface area contributed by atoms with Crippen LogP contribution in [0, 0.1) is 11.8 Å². The van der Waals surface area contributed by atoms with E-state index < -0.39 is 5.54 Å². The van der Waals surface area contributed by atoms with Crippen molar-refractivity contribution >= 4 is 0 Å². The summed E-state index contributed by atoms with van der Waals surface area (Å²) in [6.07, 6.45) is 1.75. The van der Waals surface area contributed by atoms with Crippen LogP contribution in [0.25, 0.3) is 0 Å².